The third-order valence-electron chi connectivity index (χ3n) is 3.24. The van der Waals surface area contributed by atoms with Crippen LogP contribution in [-0.2, 0) is 14.3 Å². The Morgan fingerprint density at radius 3 is 2.64 bits per heavy atom. The molecule has 118 valence electrons. The molecule has 0 amide bonds. The van der Waals surface area contributed by atoms with Crippen LogP contribution in [0.1, 0.15) is 18.5 Å². The van der Waals surface area contributed by atoms with Crippen LogP contribution >= 0.6 is 12.2 Å². The summed E-state index contributed by atoms with van der Waals surface area (Å²) in [4.78, 5) is 12.3. The van der Waals surface area contributed by atoms with E-state index in [2.05, 4.69) is 10.6 Å². The molecule has 0 bridgehead atoms. The number of rotatable bonds is 5. The van der Waals surface area contributed by atoms with Gasteiger partial charge in [-0.2, -0.15) is 0 Å². The molecule has 6 nitrogen and oxygen atoms in total. The second kappa shape index (κ2) is 7.24. The van der Waals surface area contributed by atoms with Crippen LogP contribution in [0, 0.1) is 0 Å². The summed E-state index contributed by atoms with van der Waals surface area (Å²) in [6.45, 7) is 2.29. The van der Waals surface area contributed by atoms with E-state index >= 15 is 0 Å². The number of allylic oxidation sites excluding steroid dienone is 1. The highest BCUT2D eigenvalue weighted by Crippen LogP contribution is 2.28. The molecular formula is C15H18N2O4S. The molecule has 0 aliphatic carbocycles. The van der Waals surface area contributed by atoms with Crippen LogP contribution in [0.15, 0.2) is 35.5 Å². The molecule has 0 saturated heterocycles. The summed E-state index contributed by atoms with van der Waals surface area (Å²) < 4.78 is 10.1. The van der Waals surface area contributed by atoms with Gasteiger partial charge >= 0.3 is 5.97 Å². The summed E-state index contributed by atoms with van der Waals surface area (Å²) in [6, 6.07) is 6.16. The normalized spacial score (nSPS) is 17.7. The molecule has 3 N–H and O–H groups in total. The first-order chi connectivity index (χ1) is 10.5. The molecule has 2 rings (SSSR count). The van der Waals surface area contributed by atoms with Crippen molar-refractivity contribution in [2.75, 3.05) is 20.3 Å². The Balaban J connectivity index is 2.28. The minimum absolute atomic E-state index is 0.158. The molecular weight excluding hydrogens is 304 g/mol. The lowest BCUT2D eigenvalue weighted by atomic mass is 9.95. The van der Waals surface area contributed by atoms with Gasteiger partial charge in [-0.3, -0.25) is 0 Å². The van der Waals surface area contributed by atoms with Crippen LogP contribution < -0.4 is 10.6 Å². The number of carbonyl (C=O) groups is 1. The fourth-order valence-corrected chi connectivity index (χ4v) is 2.45. The zero-order valence-electron chi connectivity index (χ0n) is 12.4. The van der Waals surface area contributed by atoms with Crippen molar-refractivity contribution in [1.82, 2.24) is 10.6 Å². The zero-order chi connectivity index (χ0) is 16.1. The molecule has 0 fully saturated rings. The number of thiocarbonyl (C=S) groups is 1. The maximum absolute atomic E-state index is 12.3. The Morgan fingerprint density at radius 1 is 1.32 bits per heavy atom. The molecule has 1 aliphatic rings. The monoisotopic (exact) mass is 322 g/mol. The average Bonchev–Trinajstić information content (AvgIpc) is 2.47. The third-order valence-corrected chi connectivity index (χ3v) is 3.46. The van der Waals surface area contributed by atoms with E-state index < -0.39 is 12.0 Å². The summed E-state index contributed by atoms with van der Waals surface area (Å²) in [6.07, 6.45) is 0. The minimum atomic E-state index is -0.435. The van der Waals surface area contributed by atoms with Gasteiger partial charge in [0.25, 0.3) is 0 Å². The summed E-state index contributed by atoms with van der Waals surface area (Å²) in [5, 5.41) is 15.8. The van der Waals surface area contributed by atoms with Gasteiger partial charge in [0.2, 0.25) is 0 Å². The first kappa shape index (κ1) is 16.3. The topological polar surface area (TPSA) is 79.8 Å². The average molecular weight is 322 g/mol. The first-order valence-electron chi connectivity index (χ1n) is 6.76. The summed E-state index contributed by atoms with van der Waals surface area (Å²) >= 11 is 5.15. The van der Waals surface area contributed by atoms with E-state index in [1.54, 1.807) is 38.3 Å². The van der Waals surface area contributed by atoms with Crippen LogP contribution in [0.4, 0.5) is 0 Å². The quantitative estimate of drug-likeness (QED) is 0.429. The highest BCUT2D eigenvalue weighted by Gasteiger charge is 2.30. The summed E-state index contributed by atoms with van der Waals surface area (Å²) in [7, 11) is 1.54. The lowest BCUT2D eigenvalue weighted by molar-refractivity contribution is -0.140. The Kier molecular flexibility index (Phi) is 5.35. The number of ether oxygens (including phenoxy) is 2. The van der Waals surface area contributed by atoms with Gasteiger partial charge in [-0.15, -0.1) is 0 Å². The molecule has 1 aromatic carbocycles. The van der Waals surface area contributed by atoms with E-state index in [9.17, 15) is 9.90 Å². The van der Waals surface area contributed by atoms with Crippen molar-refractivity contribution >= 4 is 23.3 Å². The van der Waals surface area contributed by atoms with Crippen molar-refractivity contribution in [2.24, 2.45) is 0 Å². The number of aromatic hydroxyl groups is 1. The molecule has 0 spiro atoms. The Labute approximate surface area is 134 Å². The smallest absolute Gasteiger partial charge is 0.338 e. The van der Waals surface area contributed by atoms with E-state index in [4.69, 9.17) is 21.7 Å². The van der Waals surface area contributed by atoms with Crippen LogP contribution in [0.25, 0.3) is 0 Å². The molecule has 1 atom stereocenters. The van der Waals surface area contributed by atoms with Crippen molar-refractivity contribution in [3.05, 3.63) is 41.1 Å². The number of methoxy groups -OCH3 is 1. The SMILES string of the molecule is COCCOC(=O)C1=C(C)NC(=S)NC1c1ccc(O)cc1. The number of hydrogen-bond acceptors (Lipinski definition) is 5. The Hall–Kier alpha value is -2.12. The molecule has 0 radical (unpaired) electrons. The van der Waals surface area contributed by atoms with Gasteiger partial charge in [-0.25, -0.2) is 4.79 Å². The Bertz CT molecular complexity index is 598. The molecule has 22 heavy (non-hydrogen) atoms. The van der Waals surface area contributed by atoms with Crippen LogP contribution in [0.2, 0.25) is 0 Å². The van der Waals surface area contributed by atoms with Crippen molar-refractivity contribution in [3.63, 3.8) is 0 Å². The Morgan fingerprint density at radius 2 is 2.00 bits per heavy atom. The van der Waals surface area contributed by atoms with E-state index in [1.807, 2.05) is 0 Å². The van der Waals surface area contributed by atoms with Crippen LogP contribution in [-0.4, -0.2) is 36.5 Å². The molecule has 1 aliphatic heterocycles. The fraction of sp³-hybridized carbons (Fsp3) is 0.333. The van der Waals surface area contributed by atoms with Gasteiger partial charge in [-0.1, -0.05) is 12.1 Å². The van der Waals surface area contributed by atoms with E-state index in [0.29, 0.717) is 23.0 Å². The standard InChI is InChI=1S/C15H18N2O4S/c1-9-12(14(19)21-8-7-20-2)13(17-15(22)16-9)10-3-5-11(18)6-4-10/h3-6,13,18H,7-8H2,1-2H3,(H2,16,17,22). The van der Waals surface area contributed by atoms with Gasteiger partial charge in [0.1, 0.15) is 12.4 Å². The van der Waals surface area contributed by atoms with Gasteiger partial charge < -0.3 is 25.2 Å². The van der Waals surface area contributed by atoms with Crippen LogP contribution in [0.3, 0.4) is 0 Å². The number of esters is 1. The molecule has 1 aromatic rings. The molecule has 0 saturated carbocycles. The largest absolute Gasteiger partial charge is 0.508 e. The van der Waals surface area contributed by atoms with E-state index in [-0.39, 0.29) is 12.4 Å². The maximum Gasteiger partial charge on any atom is 0.338 e. The van der Waals surface area contributed by atoms with Gasteiger partial charge in [0.05, 0.1) is 18.2 Å². The van der Waals surface area contributed by atoms with Crippen molar-refractivity contribution in [2.45, 2.75) is 13.0 Å². The van der Waals surface area contributed by atoms with Gasteiger partial charge in [0.15, 0.2) is 5.11 Å². The maximum atomic E-state index is 12.3. The summed E-state index contributed by atoms with van der Waals surface area (Å²) in [5.74, 6) is -0.277. The second-order valence-corrected chi connectivity index (χ2v) is 5.20. The predicted molar refractivity (Wildman–Crippen MR) is 85.3 cm³/mol. The second-order valence-electron chi connectivity index (χ2n) is 4.79. The highest BCUT2D eigenvalue weighted by molar-refractivity contribution is 7.80. The molecule has 1 heterocycles. The number of phenols is 1. The summed E-state index contributed by atoms with van der Waals surface area (Å²) in [5.41, 5.74) is 1.90. The minimum Gasteiger partial charge on any atom is -0.508 e. The number of carbonyl (C=O) groups excluding carboxylic acids is 1. The number of benzene rings is 1. The lowest BCUT2D eigenvalue weighted by Gasteiger charge is -2.29. The molecule has 7 heteroatoms. The van der Waals surface area contributed by atoms with Crippen molar-refractivity contribution in [1.29, 1.82) is 0 Å². The van der Waals surface area contributed by atoms with Crippen molar-refractivity contribution < 1.29 is 19.4 Å². The number of nitrogens with one attached hydrogen (secondary N) is 2. The zero-order valence-corrected chi connectivity index (χ0v) is 13.2. The van der Waals surface area contributed by atoms with Crippen LogP contribution in [0.5, 0.6) is 5.75 Å². The third kappa shape index (κ3) is 3.75. The highest BCUT2D eigenvalue weighted by atomic mass is 32.1. The molecule has 1 unspecified atom stereocenters. The predicted octanol–water partition coefficient (Wildman–Crippen LogP) is 1.37. The van der Waals surface area contributed by atoms with Gasteiger partial charge in [0, 0.05) is 12.8 Å². The molecule has 0 aromatic heterocycles. The van der Waals surface area contributed by atoms with Crippen molar-refractivity contribution in [3.8, 4) is 5.75 Å². The van der Waals surface area contributed by atoms with Gasteiger partial charge in [-0.05, 0) is 36.8 Å². The van der Waals surface area contributed by atoms with E-state index in [0.717, 1.165) is 5.56 Å². The number of phenolic OH excluding ortho intramolecular Hbond substituents is 1. The fourth-order valence-electron chi connectivity index (χ4n) is 2.18. The first-order valence-corrected chi connectivity index (χ1v) is 7.17. The lowest BCUT2D eigenvalue weighted by Crippen LogP contribution is -2.45. The number of hydrogen-bond donors (Lipinski definition) is 3. The van der Waals surface area contributed by atoms with E-state index in [1.165, 1.54) is 0 Å².